The van der Waals surface area contributed by atoms with E-state index in [0.717, 1.165) is 10.8 Å². The zero-order valence-corrected chi connectivity index (χ0v) is 11.9. The van der Waals surface area contributed by atoms with Gasteiger partial charge in [0.25, 0.3) is 0 Å². The van der Waals surface area contributed by atoms with Gasteiger partial charge in [0.2, 0.25) is 0 Å². The molecule has 2 rings (SSSR count). The average Bonchev–Trinajstić information content (AvgIpc) is 2.94. The van der Waals surface area contributed by atoms with Crippen LogP contribution in [0.3, 0.4) is 0 Å². The van der Waals surface area contributed by atoms with Crippen LogP contribution in [0.15, 0.2) is 35.7 Å². The third kappa shape index (κ3) is 4.04. The smallest absolute Gasteiger partial charge is 0.357 e. The lowest BCUT2D eigenvalue weighted by Crippen LogP contribution is -2.13. The largest absolute Gasteiger partial charge is 0.490 e. The molecule has 0 saturated carbocycles. The Balaban J connectivity index is 1.75. The summed E-state index contributed by atoms with van der Waals surface area (Å²) in [6.07, 6.45) is 0. The summed E-state index contributed by atoms with van der Waals surface area (Å²) in [5, 5.41) is 2.37. The van der Waals surface area contributed by atoms with Crippen molar-refractivity contribution in [3.8, 4) is 5.75 Å². The van der Waals surface area contributed by atoms with Gasteiger partial charge in [0.1, 0.15) is 24.0 Å². The van der Waals surface area contributed by atoms with Crippen molar-refractivity contribution in [3.05, 3.63) is 46.4 Å². The summed E-state index contributed by atoms with van der Waals surface area (Å²) >= 11 is 1.35. The molecule has 1 aromatic heterocycles. The Labute approximate surface area is 121 Å². The molecule has 0 aliphatic rings. The highest BCUT2D eigenvalue weighted by molar-refractivity contribution is 7.09. The van der Waals surface area contributed by atoms with Crippen LogP contribution in [0.4, 0.5) is 0 Å². The van der Waals surface area contributed by atoms with E-state index in [9.17, 15) is 4.79 Å². The molecule has 20 heavy (non-hydrogen) atoms. The first-order valence-electron chi connectivity index (χ1n) is 6.23. The molecule has 0 aliphatic heterocycles. The fourth-order valence-corrected chi connectivity index (χ4v) is 2.22. The second-order valence-electron chi connectivity index (χ2n) is 4.16. The van der Waals surface area contributed by atoms with Gasteiger partial charge in [0.15, 0.2) is 5.69 Å². The molecule has 0 amide bonds. The van der Waals surface area contributed by atoms with Gasteiger partial charge in [-0.05, 0) is 19.1 Å². The highest BCUT2D eigenvalue weighted by atomic mass is 32.1. The minimum atomic E-state index is -0.454. The minimum Gasteiger partial charge on any atom is -0.490 e. The van der Waals surface area contributed by atoms with Gasteiger partial charge in [0.05, 0.1) is 6.04 Å². The minimum absolute atomic E-state index is 0.178. The fourth-order valence-electron chi connectivity index (χ4n) is 1.48. The first kappa shape index (κ1) is 14.5. The number of aromatic nitrogens is 1. The molecule has 2 N–H and O–H groups in total. The maximum absolute atomic E-state index is 11.7. The molecular weight excluding hydrogens is 276 g/mol. The number of para-hydroxylation sites is 1. The average molecular weight is 292 g/mol. The number of benzene rings is 1. The maximum atomic E-state index is 11.7. The van der Waals surface area contributed by atoms with E-state index in [1.807, 2.05) is 37.3 Å². The van der Waals surface area contributed by atoms with Gasteiger partial charge in [-0.1, -0.05) is 18.2 Å². The zero-order valence-electron chi connectivity index (χ0n) is 11.1. The summed E-state index contributed by atoms with van der Waals surface area (Å²) in [5.74, 6) is 0.293. The molecular formula is C14H16N2O3S. The molecule has 6 heteroatoms. The Morgan fingerprint density at radius 1 is 1.35 bits per heavy atom. The molecule has 0 aliphatic carbocycles. The zero-order chi connectivity index (χ0) is 14.4. The number of carbonyl (C=O) groups excluding carboxylic acids is 1. The topological polar surface area (TPSA) is 74.4 Å². The molecule has 0 saturated heterocycles. The third-order valence-corrected chi connectivity index (χ3v) is 3.49. The van der Waals surface area contributed by atoms with Crippen molar-refractivity contribution in [2.24, 2.45) is 5.73 Å². The van der Waals surface area contributed by atoms with E-state index in [4.69, 9.17) is 15.2 Å². The molecule has 1 heterocycles. The Kier molecular flexibility index (Phi) is 5.09. The number of esters is 1. The predicted octanol–water partition coefficient (Wildman–Crippen LogP) is 2.40. The Bertz CT molecular complexity index is 555. The van der Waals surface area contributed by atoms with Gasteiger partial charge in [-0.3, -0.25) is 0 Å². The number of ether oxygens (including phenoxy) is 2. The van der Waals surface area contributed by atoms with Crippen LogP contribution in [-0.2, 0) is 4.74 Å². The summed E-state index contributed by atoms with van der Waals surface area (Å²) < 4.78 is 10.5. The van der Waals surface area contributed by atoms with Crippen LogP contribution in [0.5, 0.6) is 5.75 Å². The van der Waals surface area contributed by atoms with Crippen LogP contribution in [0, 0.1) is 0 Å². The molecule has 0 radical (unpaired) electrons. The molecule has 0 fully saturated rings. The Hall–Kier alpha value is -1.92. The number of thiazole rings is 1. The van der Waals surface area contributed by atoms with Gasteiger partial charge < -0.3 is 15.2 Å². The van der Waals surface area contributed by atoms with Crippen molar-refractivity contribution in [2.45, 2.75) is 13.0 Å². The fraction of sp³-hybridized carbons (Fsp3) is 0.286. The lowest BCUT2D eigenvalue weighted by molar-refractivity contribution is 0.0444. The third-order valence-electron chi connectivity index (χ3n) is 2.45. The molecule has 1 aromatic carbocycles. The highest BCUT2D eigenvalue weighted by Crippen LogP contribution is 2.16. The maximum Gasteiger partial charge on any atom is 0.357 e. The number of hydrogen-bond acceptors (Lipinski definition) is 6. The number of nitrogens with zero attached hydrogens (tertiary/aromatic N) is 1. The summed E-state index contributed by atoms with van der Waals surface area (Å²) in [5.41, 5.74) is 5.98. The summed E-state index contributed by atoms with van der Waals surface area (Å²) in [6.45, 7) is 2.31. The first-order valence-corrected chi connectivity index (χ1v) is 7.11. The van der Waals surface area contributed by atoms with Crippen LogP contribution < -0.4 is 10.5 Å². The van der Waals surface area contributed by atoms with E-state index in [2.05, 4.69) is 4.98 Å². The SMILES string of the molecule is CC(N)c1nc(C(=O)OCCOc2ccccc2)cs1. The molecule has 0 spiro atoms. The molecule has 5 nitrogen and oxygen atoms in total. The lowest BCUT2D eigenvalue weighted by atomic mass is 10.3. The quantitative estimate of drug-likeness (QED) is 0.653. The van der Waals surface area contributed by atoms with Crippen LogP contribution in [0.2, 0.25) is 0 Å². The summed E-state index contributed by atoms with van der Waals surface area (Å²) in [7, 11) is 0. The molecule has 106 valence electrons. The Morgan fingerprint density at radius 2 is 2.10 bits per heavy atom. The van der Waals surface area contributed by atoms with Crippen molar-refractivity contribution in [1.82, 2.24) is 4.98 Å². The normalized spacial score (nSPS) is 11.9. The predicted molar refractivity (Wildman–Crippen MR) is 76.9 cm³/mol. The van der Waals surface area contributed by atoms with Crippen molar-refractivity contribution in [1.29, 1.82) is 0 Å². The van der Waals surface area contributed by atoms with E-state index in [1.165, 1.54) is 11.3 Å². The number of rotatable bonds is 6. The van der Waals surface area contributed by atoms with Crippen molar-refractivity contribution in [3.63, 3.8) is 0 Å². The standard InChI is InChI=1S/C14H16N2O3S/c1-10(15)13-16-12(9-20-13)14(17)19-8-7-18-11-5-3-2-4-6-11/h2-6,9-10H,7-8,15H2,1H3. The molecule has 1 atom stereocenters. The molecule has 1 unspecified atom stereocenters. The van der Waals surface area contributed by atoms with Gasteiger partial charge in [-0.15, -0.1) is 11.3 Å². The van der Waals surface area contributed by atoms with Crippen LogP contribution >= 0.6 is 11.3 Å². The van der Waals surface area contributed by atoms with Gasteiger partial charge in [0, 0.05) is 5.38 Å². The van der Waals surface area contributed by atoms with Crippen molar-refractivity contribution >= 4 is 17.3 Å². The molecule has 2 aromatic rings. The van der Waals surface area contributed by atoms with Gasteiger partial charge >= 0.3 is 5.97 Å². The highest BCUT2D eigenvalue weighted by Gasteiger charge is 2.13. The number of carbonyl (C=O) groups is 1. The lowest BCUT2D eigenvalue weighted by Gasteiger charge is -2.06. The summed E-state index contributed by atoms with van der Waals surface area (Å²) in [4.78, 5) is 15.8. The second-order valence-corrected chi connectivity index (χ2v) is 5.05. The Morgan fingerprint density at radius 3 is 2.75 bits per heavy atom. The number of hydrogen-bond donors (Lipinski definition) is 1. The van der Waals surface area contributed by atoms with Gasteiger partial charge in [-0.25, -0.2) is 9.78 Å². The van der Waals surface area contributed by atoms with E-state index in [0.29, 0.717) is 12.3 Å². The summed E-state index contributed by atoms with van der Waals surface area (Å²) in [6, 6.07) is 9.18. The van der Waals surface area contributed by atoms with Crippen LogP contribution in [-0.4, -0.2) is 24.2 Å². The van der Waals surface area contributed by atoms with E-state index in [-0.39, 0.29) is 12.6 Å². The molecule has 0 bridgehead atoms. The van der Waals surface area contributed by atoms with Crippen LogP contribution in [0.1, 0.15) is 28.5 Å². The first-order chi connectivity index (χ1) is 9.66. The van der Waals surface area contributed by atoms with E-state index >= 15 is 0 Å². The van der Waals surface area contributed by atoms with Crippen molar-refractivity contribution < 1.29 is 14.3 Å². The number of nitrogens with two attached hydrogens (primary N) is 1. The van der Waals surface area contributed by atoms with Gasteiger partial charge in [-0.2, -0.15) is 0 Å². The van der Waals surface area contributed by atoms with Crippen molar-refractivity contribution in [2.75, 3.05) is 13.2 Å². The van der Waals surface area contributed by atoms with E-state index in [1.54, 1.807) is 5.38 Å². The van der Waals surface area contributed by atoms with E-state index < -0.39 is 5.97 Å². The van der Waals surface area contributed by atoms with Crippen LogP contribution in [0.25, 0.3) is 0 Å². The monoisotopic (exact) mass is 292 g/mol. The second kappa shape index (κ2) is 7.02.